The first-order valence-electron chi connectivity index (χ1n) is 17.6. The van der Waals surface area contributed by atoms with Gasteiger partial charge in [-0.15, -0.1) is 0 Å². The van der Waals surface area contributed by atoms with Gasteiger partial charge in [0.2, 0.25) is 0 Å². The van der Waals surface area contributed by atoms with Crippen molar-refractivity contribution < 1.29 is 33.3 Å². The highest BCUT2D eigenvalue weighted by atomic mass is 19.1. The first-order valence-corrected chi connectivity index (χ1v) is 17.6. The van der Waals surface area contributed by atoms with E-state index in [2.05, 4.69) is 36.4 Å². The molecule has 0 saturated carbocycles. The summed E-state index contributed by atoms with van der Waals surface area (Å²) in [6.45, 7) is 8.11. The summed E-state index contributed by atoms with van der Waals surface area (Å²) in [4.78, 5) is 31.5. The molecule has 0 radical (unpaired) electrons. The van der Waals surface area contributed by atoms with Gasteiger partial charge in [0.25, 0.3) is 0 Å². The number of nitrogens with zero attached hydrogens (tertiary/aromatic N) is 3. The zero-order chi connectivity index (χ0) is 35.8. The fourth-order valence-electron chi connectivity index (χ4n) is 7.65. The number of esters is 1. The summed E-state index contributed by atoms with van der Waals surface area (Å²) in [6.07, 6.45) is 2.99. The van der Waals surface area contributed by atoms with Crippen LogP contribution in [-0.2, 0) is 43.1 Å². The van der Waals surface area contributed by atoms with Crippen LogP contribution in [0.4, 0.5) is 4.39 Å². The van der Waals surface area contributed by atoms with Gasteiger partial charge in [0.1, 0.15) is 23.8 Å². The molecule has 5 rings (SSSR count). The average molecular weight is 688 g/mol. The van der Waals surface area contributed by atoms with Gasteiger partial charge in [0.15, 0.2) is 6.23 Å². The SMILES string of the molecule is CCOC(c1ccc(CC(=O)O)cc1)n1c(CCCN(C)CC[C@@]2(OC(=O)COC)CCc3cc(F)ccc3[C@@H]2C(C)C)nc2ccccc21. The molecule has 0 fully saturated rings. The molecular formula is C40H50FN3O6. The van der Waals surface area contributed by atoms with Gasteiger partial charge < -0.3 is 24.2 Å². The Labute approximate surface area is 294 Å². The highest BCUT2D eigenvalue weighted by Gasteiger charge is 2.47. The molecule has 1 N–H and O–H groups in total. The fraction of sp³-hybridized carbons (Fsp3) is 0.475. The van der Waals surface area contributed by atoms with Crippen LogP contribution < -0.4 is 0 Å². The number of hydrogen-bond acceptors (Lipinski definition) is 7. The minimum absolute atomic E-state index is 0.0333. The maximum Gasteiger partial charge on any atom is 0.332 e. The number of carboxylic acids is 1. The molecule has 1 unspecified atom stereocenters. The smallest absolute Gasteiger partial charge is 0.332 e. The van der Waals surface area contributed by atoms with Gasteiger partial charge in [0.05, 0.1) is 17.5 Å². The second-order valence-electron chi connectivity index (χ2n) is 13.7. The molecule has 1 aliphatic carbocycles. The lowest BCUT2D eigenvalue weighted by atomic mass is 9.65. The van der Waals surface area contributed by atoms with Crippen LogP contribution in [0.3, 0.4) is 0 Å². The zero-order valence-electron chi connectivity index (χ0n) is 29.9. The summed E-state index contributed by atoms with van der Waals surface area (Å²) in [5, 5.41) is 9.22. The van der Waals surface area contributed by atoms with Crippen molar-refractivity contribution in [3.05, 3.63) is 101 Å². The minimum Gasteiger partial charge on any atom is -0.481 e. The molecule has 0 aliphatic heterocycles. The molecule has 1 heterocycles. The Morgan fingerprint density at radius 3 is 2.56 bits per heavy atom. The molecule has 4 aromatic rings. The fourth-order valence-corrected chi connectivity index (χ4v) is 7.65. The Balaban J connectivity index is 1.33. The monoisotopic (exact) mass is 687 g/mol. The van der Waals surface area contributed by atoms with Crippen LogP contribution in [0.2, 0.25) is 0 Å². The van der Waals surface area contributed by atoms with E-state index in [9.17, 15) is 19.1 Å². The zero-order valence-corrected chi connectivity index (χ0v) is 29.9. The molecule has 1 aliphatic rings. The second-order valence-corrected chi connectivity index (χ2v) is 13.7. The lowest BCUT2D eigenvalue weighted by Gasteiger charge is -2.47. The van der Waals surface area contributed by atoms with Crippen molar-refractivity contribution in [2.75, 3.05) is 40.5 Å². The summed E-state index contributed by atoms with van der Waals surface area (Å²) in [5.41, 5.74) is 4.83. The molecule has 0 bridgehead atoms. The molecule has 3 atom stereocenters. The molecule has 50 heavy (non-hydrogen) atoms. The van der Waals surface area contributed by atoms with Crippen molar-refractivity contribution in [3.8, 4) is 0 Å². The standard InChI is InChI=1S/C40H50FN3O6/c1-6-49-39(29-15-13-28(14-16-29)24-36(45)46)44-34-11-8-7-10-33(34)42-35(44)12-9-22-43(4)23-21-40(50-37(47)26-48-5)20-19-30-25-31(41)17-18-32(30)38(40)27(2)3/h7-8,10-11,13-18,25,27,38-39H,6,9,12,19-24,26H2,1-5H3,(H,45,46)/t38-,39?,40-/m0/s1. The van der Waals surface area contributed by atoms with Crippen LogP contribution in [-0.4, -0.2) is 77.6 Å². The average Bonchev–Trinajstić information content (AvgIpc) is 3.44. The number of imidazole rings is 1. The Morgan fingerprint density at radius 1 is 1.10 bits per heavy atom. The van der Waals surface area contributed by atoms with E-state index in [0.29, 0.717) is 38.8 Å². The van der Waals surface area contributed by atoms with Gasteiger partial charge in [-0.25, -0.2) is 14.2 Å². The molecule has 1 aromatic heterocycles. The van der Waals surface area contributed by atoms with Crippen molar-refractivity contribution in [2.45, 2.75) is 77.0 Å². The number of halogens is 1. The summed E-state index contributed by atoms with van der Waals surface area (Å²) >= 11 is 0. The van der Waals surface area contributed by atoms with E-state index in [-0.39, 0.29) is 36.7 Å². The molecule has 9 nitrogen and oxygen atoms in total. The Kier molecular flexibility index (Phi) is 12.4. The minimum atomic E-state index is -0.866. The maximum absolute atomic E-state index is 14.2. The first-order chi connectivity index (χ1) is 24.0. The number of carboxylic acid groups (broad SMARTS) is 1. The molecule has 0 spiro atoms. The summed E-state index contributed by atoms with van der Waals surface area (Å²) in [7, 11) is 3.58. The van der Waals surface area contributed by atoms with Gasteiger partial charge in [-0.3, -0.25) is 9.36 Å². The summed E-state index contributed by atoms with van der Waals surface area (Å²) in [6, 6.07) is 20.6. The van der Waals surface area contributed by atoms with E-state index in [1.54, 1.807) is 6.07 Å². The topological polar surface area (TPSA) is 103 Å². The lowest BCUT2D eigenvalue weighted by Crippen LogP contribution is -2.49. The van der Waals surface area contributed by atoms with Crippen LogP contribution in [0.15, 0.2) is 66.7 Å². The van der Waals surface area contributed by atoms with E-state index in [0.717, 1.165) is 52.1 Å². The third-order valence-corrected chi connectivity index (χ3v) is 9.78. The highest BCUT2D eigenvalue weighted by molar-refractivity contribution is 5.76. The number of carbonyl (C=O) groups is 2. The van der Waals surface area contributed by atoms with Crippen LogP contribution in [0.25, 0.3) is 11.0 Å². The Hall–Kier alpha value is -4.12. The number of carbonyl (C=O) groups excluding carboxylic acids is 1. The van der Waals surface area contributed by atoms with E-state index < -0.39 is 17.8 Å². The quantitative estimate of drug-likeness (QED) is 0.119. The van der Waals surface area contributed by atoms with Crippen molar-refractivity contribution in [2.24, 2.45) is 5.92 Å². The first kappa shape index (κ1) is 37.1. The van der Waals surface area contributed by atoms with Gasteiger partial charge in [-0.1, -0.05) is 56.3 Å². The molecule has 0 saturated heterocycles. The highest BCUT2D eigenvalue weighted by Crippen LogP contribution is 2.48. The van der Waals surface area contributed by atoms with Gasteiger partial charge in [-0.05, 0) is 86.7 Å². The largest absolute Gasteiger partial charge is 0.481 e. The lowest BCUT2D eigenvalue weighted by molar-refractivity contribution is -0.172. The number of methoxy groups -OCH3 is 1. The number of fused-ring (bicyclic) bond motifs is 2. The van der Waals surface area contributed by atoms with E-state index in [4.69, 9.17) is 19.2 Å². The van der Waals surface area contributed by atoms with Crippen LogP contribution in [0.5, 0.6) is 0 Å². The Morgan fingerprint density at radius 2 is 1.86 bits per heavy atom. The third-order valence-electron chi connectivity index (χ3n) is 9.78. The number of para-hydroxylation sites is 2. The second kappa shape index (κ2) is 16.7. The van der Waals surface area contributed by atoms with Crippen LogP contribution in [0.1, 0.15) is 80.3 Å². The normalized spacial score (nSPS) is 18.0. The van der Waals surface area contributed by atoms with E-state index in [1.807, 2.05) is 55.5 Å². The van der Waals surface area contributed by atoms with Crippen molar-refractivity contribution >= 4 is 23.0 Å². The van der Waals surface area contributed by atoms with E-state index in [1.165, 1.54) is 13.2 Å². The maximum atomic E-state index is 14.2. The Bertz CT molecular complexity index is 1760. The summed E-state index contributed by atoms with van der Waals surface area (Å²) in [5.74, 6) is -0.493. The van der Waals surface area contributed by atoms with E-state index >= 15 is 0 Å². The summed E-state index contributed by atoms with van der Waals surface area (Å²) < 4.78 is 34.1. The van der Waals surface area contributed by atoms with Crippen LogP contribution >= 0.6 is 0 Å². The number of aryl methyl sites for hydroxylation is 2. The molecule has 268 valence electrons. The molecule has 3 aromatic carbocycles. The molecule has 0 amide bonds. The predicted octanol–water partition coefficient (Wildman–Crippen LogP) is 6.95. The number of hydrogen-bond donors (Lipinski definition) is 1. The van der Waals surface area contributed by atoms with Crippen molar-refractivity contribution in [1.29, 1.82) is 0 Å². The van der Waals surface area contributed by atoms with Gasteiger partial charge in [0, 0.05) is 44.6 Å². The molecular weight excluding hydrogens is 637 g/mol. The van der Waals surface area contributed by atoms with Crippen LogP contribution in [0, 0.1) is 11.7 Å². The van der Waals surface area contributed by atoms with Gasteiger partial charge in [-0.2, -0.15) is 0 Å². The number of ether oxygens (including phenoxy) is 3. The van der Waals surface area contributed by atoms with Crippen molar-refractivity contribution in [1.82, 2.24) is 14.5 Å². The number of aromatic nitrogens is 2. The number of benzene rings is 3. The van der Waals surface area contributed by atoms with Crippen molar-refractivity contribution in [3.63, 3.8) is 0 Å². The predicted molar refractivity (Wildman–Crippen MR) is 191 cm³/mol. The third kappa shape index (κ3) is 8.60. The number of aliphatic carboxylic acids is 1. The molecule has 10 heteroatoms. The number of rotatable bonds is 17. The van der Waals surface area contributed by atoms with Gasteiger partial charge >= 0.3 is 11.9 Å².